The lowest BCUT2D eigenvalue weighted by molar-refractivity contribution is -0.0161. The monoisotopic (exact) mass is 283 g/mol. The summed E-state index contributed by atoms with van der Waals surface area (Å²) in [7, 11) is 0. The molecule has 4 unspecified atom stereocenters. The molecule has 3 N–H and O–H groups in total. The summed E-state index contributed by atoms with van der Waals surface area (Å²) in [5.41, 5.74) is 7.63. The van der Waals surface area contributed by atoms with Crippen LogP contribution in [-0.4, -0.2) is 35.7 Å². The minimum absolute atomic E-state index is 0.00331. The second kappa shape index (κ2) is 4.79. The van der Waals surface area contributed by atoms with E-state index in [1.165, 1.54) is 0 Å². The maximum Gasteiger partial charge on any atom is 0.251 e. The number of amides is 1. The Morgan fingerprint density at radius 1 is 1.38 bits per heavy atom. The number of ether oxygens (including phenoxy) is 1. The topological polar surface area (TPSA) is 77.2 Å². The summed E-state index contributed by atoms with van der Waals surface area (Å²) in [5, 5.41) is 3.97. The Labute approximate surface area is 122 Å². The van der Waals surface area contributed by atoms with Gasteiger partial charge in [0.15, 0.2) is 0 Å². The van der Waals surface area contributed by atoms with Gasteiger partial charge in [0.2, 0.25) is 0 Å². The fourth-order valence-electron chi connectivity index (χ4n) is 3.38. The van der Waals surface area contributed by atoms with Gasteiger partial charge in [-0.15, -0.1) is 0 Å². The van der Waals surface area contributed by atoms with Gasteiger partial charge in [-0.05, 0) is 30.7 Å². The Bertz CT molecular complexity index is 703. The van der Waals surface area contributed by atoms with Crippen molar-refractivity contribution in [2.45, 2.75) is 24.6 Å². The van der Waals surface area contributed by atoms with Crippen molar-refractivity contribution in [3.05, 3.63) is 42.1 Å². The van der Waals surface area contributed by atoms with Crippen molar-refractivity contribution in [1.29, 1.82) is 0 Å². The molecule has 2 heterocycles. The van der Waals surface area contributed by atoms with E-state index in [0.717, 1.165) is 23.9 Å². The average Bonchev–Trinajstić information content (AvgIpc) is 2.96. The van der Waals surface area contributed by atoms with Gasteiger partial charge in [0.05, 0.1) is 17.7 Å². The van der Waals surface area contributed by atoms with Crippen molar-refractivity contribution in [3.63, 3.8) is 0 Å². The lowest BCUT2D eigenvalue weighted by Gasteiger charge is -2.45. The molecule has 4 atom stereocenters. The fourth-order valence-corrected chi connectivity index (χ4v) is 3.38. The van der Waals surface area contributed by atoms with E-state index >= 15 is 0 Å². The molecule has 1 aromatic carbocycles. The third kappa shape index (κ3) is 2.01. The number of nitrogens with zero attached hydrogens (tertiary/aromatic N) is 1. The molecular formula is C16H17N3O2. The number of hydrogen-bond acceptors (Lipinski definition) is 4. The van der Waals surface area contributed by atoms with Gasteiger partial charge < -0.3 is 15.8 Å². The van der Waals surface area contributed by atoms with E-state index in [1.807, 2.05) is 24.3 Å². The van der Waals surface area contributed by atoms with E-state index in [-0.39, 0.29) is 24.1 Å². The molecule has 0 radical (unpaired) electrons. The zero-order chi connectivity index (χ0) is 14.4. The SMILES string of the molecule is NC1C2CCOC2C1NC(=O)c1ccc2ncccc2c1. The molecule has 1 amide bonds. The maximum atomic E-state index is 12.4. The van der Waals surface area contributed by atoms with E-state index in [9.17, 15) is 4.79 Å². The van der Waals surface area contributed by atoms with Crippen molar-refractivity contribution in [1.82, 2.24) is 10.3 Å². The summed E-state index contributed by atoms with van der Waals surface area (Å²) in [6.45, 7) is 0.747. The molecule has 1 saturated carbocycles. The number of fused-ring (bicyclic) bond motifs is 2. The standard InChI is InChI=1S/C16H17N3O2/c17-13-11-5-7-21-15(11)14(13)19-16(20)10-3-4-12-9(8-10)2-1-6-18-12/h1-4,6,8,11,13-15H,5,7,17H2,(H,19,20). The molecule has 21 heavy (non-hydrogen) atoms. The molecule has 5 heteroatoms. The van der Waals surface area contributed by atoms with Crippen LogP contribution in [0.4, 0.5) is 0 Å². The number of benzene rings is 1. The van der Waals surface area contributed by atoms with Crippen LogP contribution in [0.15, 0.2) is 36.5 Å². The second-order valence-corrected chi connectivity index (χ2v) is 5.78. The Hall–Kier alpha value is -1.98. The van der Waals surface area contributed by atoms with Gasteiger partial charge in [-0.3, -0.25) is 9.78 Å². The summed E-state index contributed by atoms with van der Waals surface area (Å²) in [6, 6.07) is 9.25. The average molecular weight is 283 g/mol. The molecule has 1 saturated heterocycles. The molecular weight excluding hydrogens is 266 g/mol. The second-order valence-electron chi connectivity index (χ2n) is 5.78. The number of nitrogens with two attached hydrogens (primary N) is 1. The van der Waals surface area contributed by atoms with Gasteiger partial charge in [-0.25, -0.2) is 0 Å². The molecule has 1 aliphatic heterocycles. The van der Waals surface area contributed by atoms with Crippen LogP contribution in [0.5, 0.6) is 0 Å². The van der Waals surface area contributed by atoms with Crippen LogP contribution in [0.3, 0.4) is 0 Å². The van der Waals surface area contributed by atoms with Crippen LogP contribution < -0.4 is 11.1 Å². The number of carbonyl (C=O) groups is 1. The lowest BCUT2D eigenvalue weighted by Crippen LogP contribution is -2.68. The third-order valence-electron chi connectivity index (χ3n) is 4.61. The van der Waals surface area contributed by atoms with Gasteiger partial charge in [0.25, 0.3) is 5.91 Å². The normalized spacial score (nSPS) is 30.7. The zero-order valence-corrected chi connectivity index (χ0v) is 11.5. The molecule has 0 spiro atoms. The smallest absolute Gasteiger partial charge is 0.251 e. The molecule has 2 aliphatic rings. The molecule has 1 aromatic heterocycles. The lowest BCUT2D eigenvalue weighted by atomic mass is 9.72. The predicted octanol–water partition coefficient (Wildman–Crippen LogP) is 1.08. The maximum absolute atomic E-state index is 12.4. The first-order valence-corrected chi connectivity index (χ1v) is 7.27. The summed E-state index contributed by atoms with van der Waals surface area (Å²) in [5.74, 6) is 0.297. The van der Waals surface area contributed by atoms with Crippen LogP contribution >= 0.6 is 0 Å². The van der Waals surface area contributed by atoms with E-state index < -0.39 is 0 Å². The summed E-state index contributed by atoms with van der Waals surface area (Å²) < 4.78 is 5.64. The highest BCUT2D eigenvalue weighted by atomic mass is 16.5. The number of rotatable bonds is 2. The number of carbonyl (C=O) groups excluding carboxylic acids is 1. The zero-order valence-electron chi connectivity index (χ0n) is 11.5. The van der Waals surface area contributed by atoms with Crippen molar-refractivity contribution in [2.24, 2.45) is 11.7 Å². The first kappa shape index (κ1) is 12.7. The van der Waals surface area contributed by atoms with Crippen LogP contribution in [0, 0.1) is 5.92 Å². The van der Waals surface area contributed by atoms with Gasteiger partial charge in [-0.2, -0.15) is 0 Å². The quantitative estimate of drug-likeness (QED) is 0.864. The highest BCUT2D eigenvalue weighted by Crippen LogP contribution is 2.37. The van der Waals surface area contributed by atoms with Crippen molar-refractivity contribution >= 4 is 16.8 Å². The summed E-state index contributed by atoms with van der Waals surface area (Å²) in [4.78, 5) is 16.6. The largest absolute Gasteiger partial charge is 0.376 e. The van der Waals surface area contributed by atoms with Gasteiger partial charge in [0, 0.05) is 35.7 Å². The van der Waals surface area contributed by atoms with Gasteiger partial charge in [-0.1, -0.05) is 6.07 Å². The molecule has 4 rings (SSSR count). The molecule has 1 aliphatic carbocycles. The molecule has 5 nitrogen and oxygen atoms in total. The third-order valence-corrected chi connectivity index (χ3v) is 4.61. The molecule has 2 fully saturated rings. The first-order chi connectivity index (χ1) is 10.2. The Kier molecular flexibility index (Phi) is 2.90. The minimum Gasteiger partial charge on any atom is -0.376 e. The van der Waals surface area contributed by atoms with Crippen LogP contribution in [0.25, 0.3) is 10.9 Å². The highest BCUT2D eigenvalue weighted by Gasteiger charge is 2.52. The number of hydrogen-bond donors (Lipinski definition) is 2. The van der Waals surface area contributed by atoms with Crippen molar-refractivity contribution in [2.75, 3.05) is 6.61 Å². The van der Waals surface area contributed by atoms with Crippen LogP contribution in [0.1, 0.15) is 16.8 Å². The van der Waals surface area contributed by atoms with Crippen molar-refractivity contribution < 1.29 is 9.53 Å². The molecule has 2 aromatic rings. The summed E-state index contributed by atoms with van der Waals surface area (Å²) in [6.07, 6.45) is 2.83. The van der Waals surface area contributed by atoms with Crippen molar-refractivity contribution in [3.8, 4) is 0 Å². The van der Waals surface area contributed by atoms with E-state index in [1.54, 1.807) is 12.3 Å². The van der Waals surface area contributed by atoms with Crippen LogP contribution in [-0.2, 0) is 4.74 Å². The highest BCUT2D eigenvalue weighted by molar-refractivity contribution is 5.98. The fraction of sp³-hybridized carbons (Fsp3) is 0.375. The summed E-state index contributed by atoms with van der Waals surface area (Å²) >= 11 is 0. The first-order valence-electron chi connectivity index (χ1n) is 7.27. The van der Waals surface area contributed by atoms with E-state index in [2.05, 4.69) is 10.3 Å². The predicted molar refractivity (Wildman–Crippen MR) is 78.8 cm³/mol. The van der Waals surface area contributed by atoms with E-state index in [0.29, 0.717) is 11.5 Å². The number of aromatic nitrogens is 1. The van der Waals surface area contributed by atoms with Gasteiger partial charge >= 0.3 is 0 Å². The number of nitrogens with one attached hydrogen (secondary N) is 1. The Morgan fingerprint density at radius 3 is 3.19 bits per heavy atom. The van der Waals surface area contributed by atoms with Crippen LogP contribution in [0.2, 0.25) is 0 Å². The Balaban J connectivity index is 1.53. The minimum atomic E-state index is -0.102. The number of pyridine rings is 1. The Morgan fingerprint density at radius 2 is 2.29 bits per heavy atom. The molecule has 0 bridgehead atoms. The molecule has 108 valence electrons. The van der Waals surface area contributed by atoms with Gasteiger partial charge in [0.1, 0.15) is 0 Å². The van der Waals surface area contributed by atoms with E-state index in [4.69, 9.17) is 10.5 Å².